The lowest BCUT2D eigenvalue weighted by Crippen LogP contribution is -3.00. The normalized spacial score (nSPS) is 24.0. The minimum Gasteiger partial charge on any atom is -1.00 e. The minimum atomic E-state index is -4.93. The maximum atomic E-state index is 13.4. The lowest BCUT2D eigenvalue weighted by atomic mass is 9.74. The molecule has 4 nitrogen and oxygen atoms in total. The number of quaternary nitrogens is 1. The Balaban J connectivity index is 0.00000456. The first-order valence-electron chi connectivity index (χ1n) is 12.0. The highest BCUT2D eigenvalue weighted by Gasteiger charge is 2.53. The van der Waals surface area contributed by atoms with Crippen LogP contribution in [-0.4, -0.2) is 49.8 Å². The molecule has 1 aromatic carbocycles. The summed E-state index contributed by atoms with van der Waals surface area (Å²) in [6.45, 7) is 4.92. The zero-order chi connectivity index (χ0) is 26.2. The molecule has 1 heterocycles. The second-order valence-electron chi connectivity index (χ2n) is 10.8. The third-order valence-corrected chi connectivity index (χ3v) is 8.25. The van der Waals surface area contributed by atoms with Crippen LogP contribution in [0, 0.1) is 11.3 Å². The summed E-state index contributed by atoms with van der Waals surface area (Å²) in [5.74, 6) is -0.345. The maximum Gasteiger partial charge on any atom is 0.416 e. The monoisotopic (exact) mass is 636 g/mol. The lowest BCUT2D eigenvalue weighted by molar-refractivity contribution is -0.940. The zero-order valence-corrected chi connectivity index (χ0v) is 23.2. The number of amides is 1. The van der Waals surface area contributed by atoms with Crippen LogP contribution in [0.1, 0.15) is 62.6 Å². The summed E-state index contributed by atoms with van der Waals surface area (Å²) in [6, 6.07) is 2.08. The van der Waals surface area contributed by atoms with E-state index in [-0.39, 0.29) is 53.5 Å². The van der Waals surface area contributed by atoms with E-state index in [0.29, 0.717) is 44.2 Å². The van der Waals surface area contributed by atoms with Crippen LogP contribution in [-0.2, 0) is 28.4 Å². The summed E-state index contributed by atoms with van der Waals surface area (Å²) in [6.07, 6.45) is -5.88. The van der Waals surface area contributed by atoms with Crippen molar-refractivity contribution in [2.75, 3.05) is 27.3 Å². The predicted octanol–water partition coefficient (Wildman–Crippen LogP) is 2.79. The predicted molar refractivity (Wildman–Crippen MR) is 119 cm³/mol. The van der Waals surface area contributed by atoms with Crippen LogP contribution >= 0.6 is 0 Å². The number of halogens is 7. The molecule has 36 heavy (non-hydrogen) atoms. The number of benzene rings is 1. The van der Waals surface area contributed by atoms with Crippen molar-refractivity contribution in [3.05, 3.63) is 34.9 Å². The summed E-state index contributed by atoms with van der Waals surface area (Å²) in [5.41, 5.74) is -3.72. The van der Waals surface area contributed by atoms with E-state index in [0.717, 1.165) is 23.7 Å². The van der Waals surface area contributed by atoms with E-state index in [1.165, 1.54) is 0 Å². The van der Waals surface area contributed by atoms with Gasteiger partial charge in [-0.25, -0.2) is 0 Å². The van der Waals surface area contributed by atoms with Gasteiger partial charge in [-0.3, -0.25) is 4.79 Å². The fourth-order valence-corrected chi connectivity index (χ4v) is 5.74. The van der Waals surface area contributed by atoms with E-state index in [4.69, 9.17) is 4.74 Å². The van der Waals surface area contributed by atoms with Crippen LogP contribution in [0.5, 0.6) is 0 Å². The number of hydrogen-bond acceptors (Lipinski definition) is 2. The summed E-state index contributed by atoms with van der Waals surface area (Å²) in [7, 11) is 4.35. The molecule has 1 saturated heterocycles. The van der Waals surface area contributed by atoms with Crippen molar-refractivity contribution in [3.63, 3.8) is 0 Å². The van der Waals surface area contributed by atoms with Gasteiger partial charge in [0.05, 0.1) is 55.9 Å². The van der Waals surface area contributed by atoms with Gasteiger partial charge in [0.1, 0.15) is 0 Å². The Hall–Kier alpha value is -1.08. The van der Waals surface area contributed by atoms with E-state index in [1.54, 1.807) is 0 Å². The molecule has 0 bridgehead atoms. The van der Waals surface area contributed by atoms with Crippen LogP contribution in [0.25, 0.3) is 0 Å². The van der Waals surface area contributed by atoms with Gasteiger partial charge in [0.25, 0.3) is 0 Å². The molecule has 1 aromatic rings. The maximum absolute atomic E-state index is 13.4. The molecule has 0 radical (unpaired) electrons. The Labute approximate surface area is 225 Å². The highest BCUT2D eigenvalue weighted by atomic mass is 127. The van der Waals surface area contributed by atoms with E-state index in [1.807, 2.05) is 13.8 Å². The molecule has 1 aliphatic carbocycles. The van der Waals surface area contributed by atoms with Gasteiger partial charge >= 0.3 is 12.4 Å². The van der Waals surface area contributed by atoms with Crippen molar-refractivity contribution >= 4 is 5.91 Å². The van der Waals surface area contributed by atoms with E-state index < -0.39 is 35.4 Å². The van der Waals surface area contributed by atoms with Gasteiger partial charge in [0.15, 0.2) is 0 Å². The smallest absolute Gasteiger partial charge is 0.416 e. The Morgan fingerprint density at radius 2 is 1.53 bits per heavy atom. The molecule has 1 N–H and O–H groups in total. The Morgan fingerprint density at radius 3 is 2.00 bits per heavy atom. The quantitative estimate of drug-likeness (QED) is 0.297. The number of nitrogens with zero attached hydrogens (tertiary/aromatic N) is 1. The standard InChI is InChI=1S/C25H34F6N2O2.HI/c1-16(2)23(8-5-21(14-23)33(3,4)20-6-9-35-10-7-20)22(34)32-15-17-11-18(24(26,27)28)13-19(12-17)25(29,30)31;/h11-13,16,20-21H,5-10,14-15H2,1-4H3;1H/t21?,23-;/m0./s1. The summed E-state index contributed by atoms with van der Waals surface area (Å²) in [4.78, 5) is 13.4. The number of ether oxygens (including phenoxy) is 1. The van der Waals surface area contributed by atoms with Crippen molar-refractivity contribution in [2.24, 2.45) is 11.3 Å². The van der Waals surface area contributed by atoms with Crippen LogP contribution in [0.15, 0.2) is 18.2 Å². The number of carbonyl (C=O) groups excluding carboxylic acids is 1. The third kappa shape index (κ3) is 6.67. The van der Waals surface area contributed by atoms with Crippen molar-refractivity contribution < 1.29 is 64.3 Å². The van der Waals surface area contributed by atoms with Crippen molar-refractivity contribution in [1.29, 1.82) is 0 Å². The molecule has 3 rings (SSSR count). The molecule has 206 valence electrons. The van der Waals surface area contributed by atoms with Crippen LogP contribution in [0.3, 0.4) is 0 Å². The van der Waals surface area contributed by atoms with E-state index in [9.17, 15) is 31.1 Å². The minimum absolute atomic E-state index is 0. The molecule has 0 aromatic heterocycles. The highest BCUT2D eigenvalue weighted by Crippen LogP contribution is 2.48. The lowest BCUT2D eigenvalue weighted by Gasteiger charge is -2.45. The van der Waals surface area contributed by atoms with Crippen LogP contribution in [0.2, 0.25) is 0 Å². The van der Waals surface area contributed by atoms with E-state index >= 15 is 0 Å². The average Bonchev–Trinajstić information content (AvgIpc) is 3.25. The first-order chi connectivity index (χ1) is 16.1. The van der Waals surface area contributed by atoms with Gasteiger partial charge in [-0.05, 0) is 36.1 Å². The number of hydrogen-bond donors (Lipinski definition) is 1. The Morgan fingerprint density at radius 1 is 1.00 bits per heavy atom. The molecule has 0 spiro atoms. The average molecular weight is 636 g/mol. The van der Waals surface area contributed by atoms with Gasteiger partial charge in [-0.15, -0.1) is 0 Å². The fourth-order valence-electron chi connectivity index (χ4n) is 5.74. The van der Waals surface area contributed by atoms with E-state index in [2.05, 4.69) is 19.4 Å². The molecule has 1 aliphatic heterocycles. The van der Waals surface area contributed by atoms with Gasteiger partial charge in [-0.1, -0.05) is 13.8 Å². The third-order valence-electron chi connectivity index (χ3n) is 8.25. The molecule has 2 fully saturated rings. The van der Waals surface area contributed by atoms with Crippen LogP contribution < -0.4 is 29.3 Å². The van der Waals surface area contributed by atoms with Gasteiger partial charge in [0.2, 0.25) is 5.91 Å². The van der Waals surface area contributed by atoms with Gasteiger partial charge < -0.3 is 38.5 Å². The molecule has 2 aliphatic rings. The molecular weight excluding hydrogens is 601 g/mol. The Kier molecular flexibility index (Phi) is 9.81. The summed E-state index contributed by atoms with van der Waals surface area (Å²) < 4.78 is 85.4. The topological polar surface area (TPSA) is 38.3 Å². The molecule has 11 heteroatoms. The second kappa shape index (κ2) is 11.3. The zero-order valence-electron chi connectivity index (χ0n) is 21.0. The number of nitrogens with one attached hydrogen (secondary N) is 1. The first-order valence-corrected chi connectivity index (χ1v) is 12.0. The number of rotatable bonds is 6. The largest absolute Gasteiger partial charge is 1.00 e. The van der Waals surface area contributed by atoms with Crippen molar-refractivity contribution in [2.45, 2.75) is 76.9 Å². The van der Waals surface area contributed by atoms with Crippen molar-refractivity contribution in [3.8, 4) is 0 Å². The summed E-state index contributed by atoms with van der Waals surface area (Å²) in [5, 5.41) is 2.67. The van der Waals surface area contributed by atoms with Gasteiger partial charge in [0, 0.05) is 32.2 Å². The Bertz CT molecular complexity index is 881. The molecule has 2 atom stereocenters. The van der Waals surface area contributed by atoms with Crippen molar-refractivity contribution in [1.82, 2.24) is 5.32 Å². The van der Waals surface area contributed by atoms with Gasteiger partial charge in [-0.2, -0.15) is 26.3 Å². The first kappa shape index (κ1) is 31.1. The SMILES string of the molecule is CC(C)[C@]1(C(=O)NCc2cc(C(F)(F)F)cc(C(F)(F)F)c2)CCC([N+](C)(C)C2CCOCC2)C1.[I-]. The number of alkyl halides is 6. The molecule has 1 amide bonds. The van der Waals surface area contributed by atoms with Crippen LogP contribution in [0.4, 0.5) is 26.3 Å². The molecule has 1 saturated carbocycles. The molecule has 1 unspecified atom stereocenters. The highest BCUT2D eigenvalue weighted by molar-refractivity contribution is 5.83. The second-order valence-corrected chi connectivity index (χ2v) is 10.8. The summed E-state index contributed by atoms with van der Waals surface area (Å²) >= 11 is 0. The number of carbonyl (C=O) groups is 1. The fraction of sp³-hybridized carbons (Fsp3) is 0.720. The molecular formula is C25H35F6IN2O2.